The summed E-state index contributed by atoms with van der Waals surface area (Å²) in [5, 5.41) is 8.50. The molecule has 7 heteroatoms. The summed E-state index contributed by atoms with van der Waals surface area (Å²) in [6.07, 6.45) is 0.661. The van der Waals surface area contributed by atoms with E-state index in [9.17, 15) is 14.4 Å². The molecule has 7 nitrogen and oxygen atoms in total. The first-order valence-corrected chi connectivity index (χ1v) is 6.31. The standard InChI is InChI=1S/C12H20N2O5/c1-19-12(18)9-13-5-7-14(8-6-13)10(15)3-2-4-11(16)17/h2-9H2,1H3,(H,16,17). The highest BCUT2D eigenvalue weighted by atomic mass is 16.5. The topological polar surface area (TPSA) is 87.2 Å². The number of carbonyl (C=O) groups excluding carboxylic acids is 2. The van der Waals surface area contributed by atoms with Crippen LogP contribution in [0.3, 0.4) is 0 Å². The fourth-order valence-corrected chi connectivity index (χ4v) is 1.95. The van der Waals surface area contributed by atoms with Gasteiger partial charge in [0, 0.05) is 39.0 Å². The molecule has 108 valence electrons. The quantitative estimate of drug-likeness (QED) is 0.659. The summed E-state index contributed by atoms with van der Waals surface area (Å²) in [6.45, 7) is 2.67. The van der Waals surface area contributed by atoms with Crippen LogP contribution in [0, 0.1) is 0 Å². The third-order valence-electron chi connectivity index (χ3n) is 3.09. The Bertz CT molecular complexity index is 337. The Balaban J connectivity index is 2.23. The van der Waals surface area contributed by atoms with E-state index in [4.69, 9.17) is 5.11 Å². The number of carboxylic acids is 1. The molecule has 0 aromatic heterocycles. The van der Waals surface area contributed by atoms with Gasteiger partial charge in [-0.05, 0) is 6.42 Å². The van der Waals surface area contributed by atoms with Crippen LogP contribution in [0.15, 0.2) is 0 Å². The number of aliphatic carboxylic acids is 1. The zero-order chi connectivity index (χ0) is 14.3. The van der Waals surface area contributed by atoms with Gasteiger partial charge in [-0.2, -0.15) is 0 Å². The van der Waals surface area contributed by atoms with E-state index in [1.807, 2.05) is 4.90 Å². The second-order valence-electron chi connectivity index (χ2n) is 4.48. The lowest BCUT2D eigenvalue weighted by atomic mass is 10.2. The Hall–Kier alpha value is -1.63. The van der Waals surface area contributed by atoms with Crippen LogP contribution in [0.1, 0.15) is 19.3 Å². The molecule has 0 radical (unpaired) electrons. The molecule has 0 bridgehead atoms. The molecule has 19 heavy (non-hydrogen) atoms. The molecule has 0 aliphatic carbocycles. The van der Waals surface area contributed by atoms with Gasteiger partial charge in [-0.1, -0.05) is 0 Å². The zero-order valence-corrected chi connectivity index (χ0v) is 11.1. The minimum Gasteiger partial charge on any atom is -0.481 e. The molecule has 1 aliphatic rings. The van der Waals surface area contributed by atoms with E-state index in [0.717, 1.165) is 0 Å². The predicted octanol–water partition coefficient (Wildman–Crippen LogP) is -0.441. The average Bonchev–Trinajstić information content (AvgIpc) is 2.38. The maximum Gasteiger partial charge on any atom is 0.319 e. The number of methoxy groups -OCH3 is 1. The third-order valence-corrected chi connectivity index (χ3v) is 3.09. The highest BCUT2D eigenvalue weighted by Gasteiger charge is 2.22. The molecule has 0 unspecified atom stereocenters. The first kappa shape index (κ1) is 15.4. The van der Waals surface area contributed by atoms with Crippen LogP contribution in [-0.4, -0.2) is 72.6 Å². The van der Waals surface area contributed by atoms with Crippen LogP contribution in [0.4, 0.5) is 0 Å². The predicted molar refractivity (Wildman–Crippen MR) is 66.5 cm³/mol. The van der Waals surface area contributed by atoms with E-state index >= 15 is 0 Å². The van der Waals surface area contributed by atoms with Crippen molar-refractivity contribution in [2.75, 3.05) is 39.8 Å². The van der Waals surface area contributed by atoms with Gasteiger partial charge in [-0.3, -0.25) is 19.3 Å². The molecule has 0 spiro atoms. The van der Waals surface area contributed by atoms with E-state index < -0.39 is 5.97 Å². The van der Waals surface area contributed by atoms with Crippen LogP contribution in [0.5, 0.6) is 0 Å². The van der Waals surface area contributed by atoms with Crippen molar-refractivity contribution < 1.29 is 24.2 Å². The van der Waals surface area contributed by atoms with Gasteiger partial charge in [0.15, 0.2) is 0 Å². The average molecular weight is 272 g/mol. The normalized spacial score (nSPS) is 16.2. The van der Waals surface area contributed by atoms with Crippen molar-refractivity contribution in [3.8, 4) is 0 Å². The minimum absolute atomic E-state index is 0.0148. The van der Waals surface area contributed by atoms with Crippen molar-refractivity contribution >= 4 is 17.8 Å². The fraction of sp³-hybridized carbons (Fsp3) is 0.750. The van der Waals surface area contributed by atoms with Crippen molar-refractivity contribution in [1.29, 1.82) is 0 Å². The SMILES string of the molecule is COC(=O)CN1CCN(C(=O)CCCC(=O)O)CC1. The maximum absolute atomic E-state index is 11.8. The molecule has 1 amide bonds. The third kappa shape index (κ3) is 5.69. The molecule has 1 aliphatic heterocycles. The molecule has 1 fully saturated rings. The van der Waals surface area contributed by atoms with Gasteiger partial charge in [0.25, 0.3) is 0 Å². The Morgan fingerprint density at radius 2 is 1.74 bits per heavy atom. The maximum atomic E-state index is 11.8. The number of carbonyl (C=O) groups is 3. The minimum atomic E-state index is -0.879. The second-order valence-corrected chi connectivity index (χ2v) is 4.48. The van der Waals surface area contributed by atoms with Crippen LogP contribution in [-0.2, 0) is 19.1 Å². The Kier molecular flexibility index (Phi) is 6.27. The van der Waals surface area contributed by atoms with Crippen LogP contribution < -0.4 is 0 Å². The number of ether oxygens (including phenoxy) is 1. The number of hydrogen-bond acceptors (Lipinski definition) is 5. The summed E-state index contributed by atoms with van der Waals surface area (Å²) in [4.78, 5) is 36.9. The van der Waals surface area contributed by atoms with Crippen LogP contribution >= 0.6 is 0 Å². The Labute approximate surface area is 112 Å². The summed E-state index contributed by atoms with van der Waals surface area (Å²) in [7, 11) is 1.35. The molecular weight excluding hydrogens is 252 g/mol. The lowest BCUT2D eigenvalue weighted by Gasteiger charge is -2.34. The summed E-state index contributed by atoms with van der Waals surface area (Å²) in [5.74, 6) is -1.17. The first-order valence-electron chi connectivity index (χ1n) is 6.31. The smallest absolute Gasteiger partial charge is 0.319 e. The van der Waals surface area contributed by atoms with Crippen molar-refractivity contribution in [1.82, 2.24) is 9.80 Å². The molecule has 1 N–H and O–H groups in total. The van der Waals surface area contributed by atoms with E-state index in [-0.39, 0.29) is 31.3 Å². The van der Waals surface area contributed by atoms with E-state index in [2.05, 4.69) is 4.74 Å². The summed E-state index contributed by atoms with van der Waals surface area (Å²) >= 11 is 0. The van der Waals surface area contributed by atoms with E-state index in [0.29, 0.717) is 32.6 Å². The molecule has 1 saturated heterocycles. The van der Waals surface area contributed by atoms with Gasteiger partial charge in [0.2, 0.25) is 5.91 Å². The van der Waals surface area contributed by atoms with E-state index in [1.54, 1.807) is 4.90 Å². The van der Waals surface area contributed by atoms with E-state index in [1.165, 1.54) is 7.11 Å². The highest BCUT2D eigenvalue weighted by Crippen LogP contribution is 2.06. The number of hydrogen-bond donors (Lipinski definition) is 1. The zero-order valence-electron chi connectivity index (χ0n) is 11.1. The van der Waals surface area contributed by atoms with Crippen molar-refractivity contribution in [2.45, 2.75) is 19.3 Å². The summed E-state index contributed by atoms with van der Waals surface area (Å²) < 4.78 is 4.59. The summed E-state index contributed by atoms with van der Waals surface area (Å²) in [6, 6.07) is 0. The number of carboxylic acid groups (broad SMARTS) is 1. The highest BCUT2D eigenvalue weighted by molar-refractivity contribution is 5.77. The van der Waals surface area contributed by atoms with Crippen molar-refractivity contribution in [3.63, 3.8) is 0 Å². The van der Waals surface area contributed by atoms with Crippen molar-refractivity contribution in [3.05, 3.63) is 0 Å². The lowest BCUT2D eigenvalue weighted by Crippen LogP contribution is -2.50. The monoisotopic (exact) mass is 272 g/mol. The first-order chi connectivity index (χ1) is 9.02. The number of piperazine rings is 1. The molecule has 0 atom stereocenters. The number of nitrogens with zero attached hydrogens (tertiary/aromatic N) is 2. The second kappa shape index (κ2) is 7.73. The van der Waals surface area contributed by atoms with Gasteiger partial charge >= 0.3 is 11.9 Å². The number of amides is 1. The van der Waals surface area contributed by atoms with Crippen molar-refractivity contribution in [2.24, 2.45) is 0 Å². The number of esters is 1. The molecular formula is C12H20N2O5. The Morgan fingerprint density at radius 3 is 2.26 bits per heavy atom. The molecule has 0 saturated carbocycles. The fourth-order valence-electron chi connectivity index (χ4n) is 1.95. The molecule has 0 aromatic rings. The number of rotatable bonds is 6. The largest absolute Gasteiger partial charge is 0.481 e. The van der Waals surface area contributed by atoms with Gasteiger partial charge in [0.1, 0.15) is 0 Å². The summed E-state index contributed by atoms with van der Waals surface area (Å²) in [5.41, 5.74) is 0. The van der Waals surface area contributed by atoms with Crippen LogP contribution in [0.25, 0.3) is 0 Å². The van der Waals surface area contributed by atoms with Gasteiger partial charge in [-0.25, -0.2) is 0 Å². The lowest BCUT2D eigenvalue weighted by molar-refractivity contribution is -0.142. The van der Waals surface area contributed by atoms with Gasteiger partial charge in [0.05, 0.1) is 13.7 Å². The molecule has 1 heterocycles. The van der Waals surface area contributed by atoms with Crippen LogP contribution in [0.2, 0.25) is 0 Å². The van der Waals surface area contributed by atoms with Gasteiger partial charge < -0.3 is 14.7 Å². The van der Waals surface area contributed by atoms with Gasteiger partial charge in [-0.15, -0.1) is 0 Å². The molecule has 1 rings (SSSR count). The Morgan fingerprint density at radius 1 is 1.11 bits per heavy atom. The molecule has 0 aromatic carbocycles.